The molecule has 116 valence electrons. The third-order valence-electron chi connectivity index (χ3n) is 4.09. The van der Waals surface area contributed by atoms with Gasteiger partial charge in [-0.15, -0.1) is 0 Å². The van der Waals surface area contributed by atoms with Crippen LogP contribution in [0.5, 0.6) is 0 Å². The van der Waals surface area contributed by atoms with Gasteiger partial charge in [0.05, 0.1) is 0 Å². The van der Waals surface area contributed by atoms with Gasteiger partial charge >= 0.3 is 0 Å². The van der Waals surface area contributed by atoms with Gasteiger partial charge in [0.2, 0.25) is 11.8 Å². The molecule has 1 aliphatic heterocycles. The maximum absolute atomic E-state index is 12.6. The van der Waals surface area contributed by atoms with E-state index in [0.29, 0.717) is 13.0 Å². The first-order valence-corrected chi connectivity index (χ1v) is 8.86. The average molecular weight is 300 g/mol. The molecule has 1 fully saturated rings. The molecule has 5 heteroatoms. The second-order valence-corrected chi connectivity index (χ2v) is 6.88. The van der Waals surface area contributed by atoms with E-state index in [0.717, 1.165) is 30.8 Å². The van der Waals surface area contributed by atoms with Crippen molar-refractivity contribution in [1.29, 1.82) is 0 Å². The molecular weight excluding hydrogens is 272 g/mol. The van der Waals surface area contributed by atoms with Crippen molar-refractivity contribution in [1.82, 2.24) is 10.2 Å². The van der Waals surface area contributed by atoms with Crippen LogP contribution in [-0.4, -0.2) is 46.3 Å². The first kappa shape index (κ1) is 17.3. The van der Waals surface area contributed by atoms with Crippen LogP contribution in [0.2, 0.25) is 0 Å². The summed E-state index contributed by atoms with van der Waals surface area (Å²) in [5.74, 6) is 2.23. The van der Waals surface area contributed by atoms with E-state index in [1.165, 1.54) is 0 Å². The Labute approximate surface area is 127 Å². The summed E-state index contributed by atoms with van der Waals surface area (Å²) in [6, 6.07) is -0.328. The van der Waals surface area contributed by atoms with Crippen LogP contribution in [0.4, 0.5) is 0 Å². The fourth-order valence-corrected chi connectivity index (χ4v) is 3.21. The predicted octanol–water partition coefficient (Wildman–Crippen LogP) is 2.43. The lowest BCUT2D eigenvalue weighted by atomic mass is 9.89. The maximum atomic E-state index is 12.6. The molecule has 0 radical (unpaired) electrons. The van der Waals surface area contributed by atoms with Gasteiger partial charge in [-0.1, -0.05) is 27.2 Å². The van der Waals surface area contributed by atoms with Crippen molar-refractivity contribution >= 4 is 23.6 Å². The Morgan fingerprint density at radius 1 is 1.30 bits per heavy atom. The fourth-order valence-electron chi connectivity index (χ4n) is 2.59. The average Bonchev–Trinajstić information content (AvgIpc) is 2.44. The number of hydrogen-bond donors (Lipinski definition) is 1. The summed E-state index contributed by atoms with van der Waals surface area (Å²) in [6.45, 7) is 8.72. The number of carbonyl (C=O) groups is 2. The highest BCUT2D eigenvalue weighted by molar-refractivity contribution is 7.99. The van der Waals surface area contributed by atoms with Crippen LogP contribution in [0.3, 0.4) is 0 Å². The number of nitrogens with zero attached hydrogens (tertiary/aromatic N) is 1. The second-order valence-electron chi connectivity index (χ2n) is 5.48. The molecule has 0 saturated carbocycles. The number of carbonyl (C=O) groups excluding carboxylic acids is 2. The number of piperazine rings is 1. The molecule has 4 nitrogen and oxygen atoms in total. The molecule has 1 aliphatic rings. The smallest absolute Gasteiger partial charge is 0.246 e. The third-order valence-corrected chi connectivity index (χ3v) is 5.08. The van der Waals surface area contributed by atoms with Gasteiger partial charge in [0.25, 0.3) is 0 Å². The van der Waals surface area contributed by atoms with Crippen molar-refractivity contribution in [2.45, 2.75) is 65.0 Å². The number of hydrogen-bond acceptors (Lipinski definition) is 3. The van der Waals surface area contributed by atoms with E-state index in [4.69, 9.17) is 0 Å². The molecule has 1 N–H and O–H groups in total. The highest BCUT2D eigenvalue weighted by Crippen LogP contribution is 2.26. The molecule has 2 unspecified atom stereocenters. The minimum Gasteiger partial charge on any atom is -0.342 e. The molecule has 1 saturated heterocycles. The Bertz CT molecular complexity index is 349. The highest BCUT2D eigenvalue weighted by Gasteiger charge is 2.47. The lowest BCUT2D eigenvalue weighted by molar-refractivity contribution is -0.156. The van der Waals surface area contributed by atoms with Crippen LogP contribution in [0.15, 0.2) is 0 Å². The van der Waals surface area contributed by atoms with Gasteiger partial charge in [0.15, 0.2) is 0 Å². The van der Waals surface area contributed by atoms with Gasteiger partial charge in [-0.3, -0.25) is 9.59 Å². The number of thioether (sulfide) groups is 1. The molecule has 0 aromatic rings. The molecule has 0 spiro atoms. The quantitative estimate of drug-likeness (QED) is 0.700. The van der Waals surface area contributed by atoms with E-state index in [-0.39, 0.29) is 17.9 Å². The minimum atomic E-state index is -0.682. The molecule has 0 bridgehead atoms. The van der Waals surface area contributed by atoms with Crippen molar-refractivity contribution in [2.24, 2.45) is 0 Å². The Balaban J connectivity index is 2.79. The second kappa shape index (κ2) is 7.91. The monoisotopic (exact) mass is 300 g/mol. The van der Waals surface area contributed by atoms with E-state index < -0.39 is 5.54 Å². The Hall–Kier alpha value is -0.710. The number of amides is 2. The minimum absolute atomic E-state index is 0.00111. The Morgan fingerprint density at radius 2 is 2.00 bits per heavy atom. The van der Waals surface area contributed by atoms with Crippen molar-refractivity contribution in [2.75, 3.05) is 18.1 Å². The van der Waals surface area contributed by atoms with E-state index in [1.807, 2.05) is 37.4 Å². The molecule has 1 rings (SSSR count). The zero-order valence-electron chi connectivity index (χ0n) is 13.2. The van der Waals surface area contributed by atoms with Gasteiger partial charge in [0.1, 0.15) is 11.6 Å². The van der Waals surface area contributed by atoms with E-state index >= 15 is 0 Å². The zero-order valence-corrected chi connectivity index (χ0v) is 14.0. The Kier molecular flexibility index (Phi) is 6.86. The first-order valence-electron chi connectivity index (χ1n) is 7.71. The lowest BCUT2D eigenvalue weighted by Crippen LogP contribution is -2.69. The molecule has 0 aliphatic carbocycles. The molecule has 2 amide bonds. The van der Waals surface area contributed by atoms with Crippen LogP contribution in [0.1, 0.15) is 53.4 Å². The summed E-state index contributed by atoms with van der Waals surface area (Å²) < 4.78 is 0. The molecule has 0 aromatic carbocycles. The van der Waals surface area contributed by atoms with Crippen LogP contribution >= 0.6 is 11.8 Å². The maximum Gasteiger partial charge on any atom is 0.246 e. The first-order chi connectivity index (χ1) is 9.51. The van der Waals surface area contributed by atoms with Gasteiger partial charge in [0, 0.05) is 6.54 Å². The third kappa shape index (κ3) is 3.68. The summed E-state index contributed by atoms with van der Waals surface area (Å²) in [5.41, 5.74) is -0.682. The molecule has 1 heterocycles. The lowest BCUT2D eigenvalue weighted by Gasteiger charge is -2.46. The van der Waals surface area contributed by atoms with Gasteiger partial charge in [-0.25, -0.2) is 0 Å². The van der Waals surface area contributed by atoms with E-state index in [2.05, 4.69) is 12.2 Å². The van der Waals surface area contributed by atoms with Gasteiger partial charge < -0.3 is 10.2 Å². The van der Waals surface area contributed by atoms with E-state index in [9.17, 15) is 9.59 Å². The number of rotatable bonds is 8. The van der Waals surface area contributed by atoms with Gasteiger partial charge in [-0.05, 0) is 37.7 Å². The Morgan fingerprint density at radius 3 is 2.55 bits per heavy atom. The molecule has 20 heavy (non-hydrogen) atoms. The van der Waals surface area contributed by atoms with Crippen molar-refractivity contribution in [3.63, 3.8) is 0 Å². The normalized spacial score (nSPS) is 26.8. The molecular formula is C15H28N2O2S. The van der Waals surface area contributed by atoms with Crippen molar-refractivity contribution in [3.8, 4) is 0 Å². The summed E-state index contributed by atoms with van der Waals surface area (Å²) in [4.78, 5) is 26.8. The summed E-state index contributed by atoms with van der Waals surface area (Å²) >= 11 is 1.88. The molecule has 2 atom stereocenters. The van der Waals surface area contributed by atoms with Gasteiger partial charge in [-0.2, -0.15) is 11.8 Å². The molecule has 0 aromatic heterocycles. The van der Waals surface area contributed by atoms with Crippen molar-refractivity contribution < 1.29 is 9.59 Å². The van der Waals surface area contributed by atoms with Crippen LogP contribution < -0.4 is 5.32 Å². The fraction of sp³-hybridized carbons (Fsp3) is 0.867. The van der Waals surface area contributed by atoms with Crippen LogP contribution in [0.25, 0.3) is 0 Å². The highest BCUT2D eigenvalue weighted by atomic mass is 32.2. The SMILES string of the molecule is CCCC1NC(=O)C(C)(CC)N(CCCSCC)C1=O. The van der Waals surface area contributed by atoms with E-state index in [1.54, 1.807) is 0 Å². The standard InChI is InChI=1S/C15H28N2O2S/c1-5-9-12-13(18)17(10-8-11-20-7-3)15(4,6-2)14(19)16-12/h12H,5-11H2,1-4H3,(H,16,19). The number of nitrogens with one attached hydrogen (secondary N) is 1. The van der Waals surface area contributed by atoms with Crippen molar-refractivity contribution in [3.05, 3.63) is 0 Å². The topological polar surface area (TPSA) is 49.4 Å². The zero-order chi connectivity index (χ0) is 15.2. The predicted molar refractivity (Wildman–Crippen MR) is 84.9 cm³/mol. The largest absolute Gasteiger partial charge is 0.342 e. The van der Waals surface area contributed by atoms with Crippen LogP contribution in [0, 0.1) is 0 Å². The summed E-state index contributed by atoms with van der Waals surface area (Å²) in [7, 11) is 0. The summed E-state index contributed by atoms with van der Waals surface area (Å²) in [5, 5.41) is 2.90. The van der Waals surface area contributed by atoms with Crippen LogP contribution in [-0.2, 0) is 9.59 Å². The summed E-state index contributed by atoms with van der Waals surface area (Å²) in [6.07, 6.45) is 3.24.